The highest BCUT2D eigenvalue weighted by molar-refractivity contribution is 5.97. The molecule has 2 amide bonds. The van der Waals surface area contributed by atoms with Gasteiger partial charge in [-0.05, 0) is 65.9 Å². The summed E-state index contributed by atoms with van der Waals surface area (Å²) in [6.45, 7) is 4.05. The monoisotopic (exact) mass is 401 g/mol. The molecule has 30 heavy (non-hydrogen) atoms. The maximum absolute atomic E-state index is 12.6. The van der Waals surface area contributed by atoms with Crippen molar-refractivity contribution in [1.82, 2.24) is 4.90 Å². The number of amides is 2. The first-order valence-corrected chi connectivity index (χ1v) is 10.5. The Labute approximate surface area is 177 Å². The smallest absolute Gasteiger partial charge is 0.253 e. The van der Waals surface area contributed by atoms with E-state index in [1.807, 2.05) is 71.6 Å². The minimum atomic E-state index is -0.118. The molecule has 1 aliphatic rings. The summed E-state index contributed by atoms with van der Waals surface area (Å²) in [6.07, 6.45) is 2.13. The summed E-state index contributed by atoms with van der Waals surface area (Å²) >= 11 is 0. The lowest BCUT2D eigenvalue weighted by Crippen LogP contribution is -2.37. The van der Waals surface area contributed by atoms with E-state index in [1.165, 1.54) is 0 Å². The topological polar surface area (TPSA) is 61.4 Å². The summed E-state index contributed by atoms with van der Waals surface area (Å²) in [7, 11) is 0. The number of rotatable bonds is 5. The van der Waals surface area contributed by atoms with E-state index in [-0.39, 0.29) is 18.4 Å². The molecule has 0 aliphatic carbocycles. The molecule has 0 spiro atoms. The number of hydrogen-bond donors (Lipinski definition) is 2. The third-order valence-electron chi connectivity index (χ3n) is 5.69. The van der Waals surface area contributed by atoms with Crippen molar-refractivity contribution in [2.75, 3.05) is 30.3 Å². The van der Waals surface area contributed by atoms with Crippen LogP contribution in [0.4, 0.5) is 11.4 Å². The zero-order chi connectivity index (χ0) is 20.9. The van der Waals surface area contributed by atoms with Gasteiger partial charge in [-0.2, -0.15) is 0 Å². The number of carbonyl (C=O) groups is 2. The standard InChI is InChI=1S/C25H27N3O2/c1-18-12-14-28(15-13-18)25(30)20-7-9-22(10-8-20)26-17-24(29)27-23-11-6-19-4-2-3-5-21(19)16-23/h2-11,16,18,26H,12-15,17H2,1H3,(H,27,29). The Bertz CT molecular complexity index is 1040. The van der Waals surface area contributed by atoms with Crippen LogP contribution in [0.2, 0.25) is 0 Å². The van der Waals surface area contributed by atoms with Crippen LogP contribution in [0.5, 0.6) is 0 Å². The van der Waals surface area contributed by atoms with Crippen LogP contribution < -0.4 is 10.6 Å². The summed E-state index contributed by atoms with van der Waals surface area (Å²) in [5.74, 6) is 0.664. The Hall–Kier alpha value is -3.34. The van der Waals surface area contributed by atoms with Crippen molar-refractivity contribution in [3.8, 4) is 0 Å². The van der Waals surface area contributed by atoms with E-state index >= 15 is 0 Å². The van der Waals surface area contributed by atoms with Crippen LogP contribution in [0.25, 0.3) is 10.8 Å². The predicted octanol–water partition coefficient (Wildman–Crippen LogP) is 4.76. The van der Waals surface area contributed by atoms with E-state index in [0.29, 0.717) is 11.5 Å². The molecule has 0 unspecified atom stereocenters. The molecule has 2 N–H and O–H groups in total. The molecular weight excluding hydrogens is 374 g/mol. The molecule has 0 bridgehead atoms. The van der Waals surface area contributed by atoms with Gasteiger partial charge in [-0.15, -0.1) is 0 Å². The normalized spacial score (nSPS) is 14.5. The highest BCUT2D eigenvalue weighted by atomic mass is 16.2. The van der Waals surface area contributed by atoms with Gasteiger partial charge in [0.15, 0.2) is 0 Å². The van der Waals surface area contributed by atoms with Crippen molar-refractivity contribution < 1.29 is 9.59 Å². The van der Waals surface area contributed by atoms with Crippen LogP contribution in [-0.2, 0) is 4.79 Å². The molecule has 1 saturated heterocycles. The average Bonchev–Trinajstić information content (AvgIpc) is 2.78. The second-order valence-corrected chi connectivity index (χ2v) is 8.02. The third kappa shape index (κ3) is 4.79. The van der Waals surface area contributed by atoms with Crippen LogP contribution >= 0.6 is 0 Å². The fraction of sp³-hybridized carbons (Fsp3) is 0.280. The van der Waals surface area contributed by atoms with Gasteiger partial charge in [-0.3, -0.25) is 9.59 Å². The quantitative estimate of drug-likeness (QED) is 0.648. The zero-order valence-electron chi connectivity index (χ0n) is 17.2. The van der Waals surface area contributed by atoms with Crippen molar-refractivity contribution >= 4 is 34.0 Å². The summed E-state index contributed by atoms with van der Waals surface area (Å²) in [5.41, 5.74) is 2.28. The van der Waals surface area contributed by atoms with E-state index in [0.717, 1.165) is 48.1 Å². The van der Waals surface area contributed by atoms with Crippen LogP contribution in [0, 0.1) is 5.92 Å². The van der Waals surface area contributed by atoms with E-state index in [9.17, 15) is 9.59 Å². The molecule has 1 aliphatic heterocycles. The Balaban J connectivity index is 1.30. The van der Waals surface area contributed by atoms with Crippen LogP contribution in [0.15, 0.2) is 66.7 Å². The van der Waals surface area contributed by atoms with E-state index in [4.69, 9.17) is 0 Å². The minimum absolute atomic E-state index is 0.0856. The first kappa shape index (κ1) is 20.0. The van der Waals surface area contributed by atoms with Crippen molar-refractivity contribution in [3.63, 3.8) is 0 Å². The van der Waals surface area contributed by atoms with Gasteiger partial charge in [-0.1, -0.05) is 37.3 Å². The number of carbonyl (C=O) groups excluding carboxylic acids is 2. The van der Waals surface area contributed by atoms with Crippen molar-refractivity contribution in [1.29, 1.82) is 0 Å². The molecule has 5 heteroatoms. The molecular formula is C25H27N3O2. The van der Waals surface area contributed by atoms with Crippen LogP contribution in [0.1, 0.15) is 30.1 Å². The van der Waals surface area contributed by atoms with Gasteiger partial charge in [0.05, 0.1) is 6.54 Å². The van der Waals surface area contributed by atoms with E-state index in [2.05, 4.69) is 17.6 Å². The van der Waals surface area contributed by atoms with E-state index in [1.54, 1.807) is 0 Å². The Morgan fingerprint density at radius 2 is 1.57 bits per heavy atom. The lowest BCUT2D eigenvalue weighted by atomic mass is 9.98. The zero-order valence-corrected chi connectivity index (χ0v) is 17.2. The number of likely N-dealkylation sites (tertiary alicyclic amines) is 1. The van der Waals surface area contributed by atoms with Crippen molar-refractivity contribution in [2.24, 2.45) is 5.92 Å². The van der Waals surface area contributed by atoms with Gasteiger partial charge in [-0.25, -0.2) is 0 Å². The van der Waals surface area contributed by atoms with Crippen LogP contribution in [-0.4, -0.2) is 36.3 Å². The summed E-state index contributed by atoms with van der Waals surface area (Å²) < 4.78 is 0. The number of anilines is 2. The number of benzene rings is 3. The molecule has 0 atom stereocenters. The Morgan fingerprint density at radius 1 is 0.900 bits per heavy atom. The summed E-state index contributed by atoms with van der Waals surface area (Å²) in [6, 6.07) is 21.3. The first-order chi connectivity index (χ1) is 14.6. The molecule has 5 nitrogen and oxygen atoms in total. The second-order valence-electron chi connectivity index (χ2n) is 8.02. The SMILES string of the molecule is CC1CCN(C(=O)c2ccc(NCC(=O)Nc3ccc4ccccc4c3)cc2)CC1. The molecule has 3 aromatic rings. The Kier molecular flexibility index (Phi) is 5.98. The molecule has 1 heterocycles. The largest absolute Gasteiger partial charge is 0.376 e. The maximum Gasteiger partial charge on any atom is 0.253 e. The molecule has 1 fully saturated rings. The van der Waals surface area contributed by atoms with Gasteiger partial charge in [0.2, 0.25) is 5.91 Å². The maximum atomic E-state index is 12.6. The molecule has 3 aromatic carbocycles. The van der Waals surface area contributed by atoms with Crippen LogP contribution in [0.3, 0.4) is 0 Å². The summed E-state index contributed by atoms with van der Waals surface area (Å²) in [4.78, 5) is 26.8. The first-order valence-electron chi connectivity index (χ1n) is 10.5. The van der Waals surface area contributed by atoms with Gasteiger partial charge in [0.1, 0.15) is 0 Å². The highest BCUT2D eigenvalue weighted by Gasteiger charge is 2.21. The molecule has 0 aromatic heterocycles. The highest BCUT2D eigenvalue weighted by Crippen LogP contribution is 2.20. The number of fused-ring (bicyclic) bond motifs is 1. The summed E-state index contributed by atoms with van der Waals surface area (Å²) in [5, 5.41) is 8.27. The minimum Gasteiger partial charge on any atom is -0.376 e. The van der Waals surface area contributed by atoms with Gasteiger partial charge in [0.25, 0.3) is 5.91 Å². The van der Waals surface area contributed by atoms with Gasteiger partial charge in [0, 0.05) is 30.0 Å². The molecule has 0 radical (unpaired) electrons. The number of piperidine rings is 1. The van der Waals surface area contributed by atoms with Crippen molar-refractivity contribution in [2.45, 2.75) is 19.8 Å². The van der Waals surface area contributed by atoms with E-state index < -0.39 is 0 Å². The predicted molar refractivity (Wildman–Crippen MR) is 122 cm³/mol. The molecule has 154 valence electrons. The molecule has 0 saturated carbocycles. The second kappa shape index (κ2) is 8.99. The Morgan fingerprint density at radius 3 is 2.30 bits per heavy atom. The average molecular weight is 402 g/mol. The molecule has 4 rings (SSSR count). The number of nitrogens with zero attached hydrogens (tertiary/aromatic N) is 1. The number of hydrogen-bond acceptors (Lipinski definition) is 3. The third-order valence-corrected chi connectivity index (χ3v) is 5.69. The number of nitrogens with one attached hydrogen (secondary N) is 2. The van der Waals surface area contributed by atoms with Gasteiger partial charge >= 0.3 is 0 Å². The lowest BCUT2D eigenvalue weighted by Gasteiger charge is -2.30. The van der Waals surface area contributed by atoms with Gasteiger partial charge < -0.3 is 15.5 Å². The van der Waals surface area contributed by atoms with Crippen molar-refractivity contribution in [3.05, 3.63) is 72.3 Å². The fourth-order valence-corrected chi connectivity index (χ4v) is 3.78. The lowest BCUT2D eigenvalue weighted by molar-refractivity contribution is -0.114. The fourth-order valence-electron chi connectivity index (χ4n) is 3.78.